The van der Waals surface area contributed by atoms with Crippen molar-refractivity contribution in [2.45, 2.75) is 20.8 Å². The number of anilines is 1. The van der Waals surface area contributed by atoms with Gasteiger partial charge in [-0.25, -0.2) is 0 Å². The fourth-order valence-corrected chi connectivity index (χ4v) is 3.64. The number of aromatic nitrogens is 1. The van der Waals surface area contributed by atoms with E-state index in [1.165, 1.54) is 4.90 Å². The quantitative estimate of drug-likeness (QED) is 0.682. The molecule has 0 radical (unpaired) electrons. The van der Waals surface area contributed by atoms with Crippen molar-refractivity contribution in [2.24, 2.45) is 0 Å². The van der Waals surface area contributed by atoms with E-state index in [-0.39, 0.29) is 18.4 Å². The Kier molecular flexibility index (Phi) is 5.75. The molecule has 0 fully saturated rings. The molecule has 2 heterocycles. The molecule has 2 amide bonds. The highest BCUT2D eigenvalue weighted by molar-refractivity contribution is 6.07. The fourth-order valence-electron chi connectivity index (χ4n) is 3.64. The van der Waals surface area contributed by atoms with Crippen LogP contribution in [0, 0.1) is 13.8 Å². The Labute approximate surface area is 181 Å². The normalized spacial score (nSPS) is 12.5. The molecule has 0 atom stereocenters. The van der Waals surface area contributed by atoms with E-state index in [0.29, 0.717) is 42.5 Å². The lowest BCUT2D eigenvalue weighted by atomic mass is 10.0. The number of amides is 2. The molecule has 0 aliphatic carbocycles. The number of pyridine rings is 1. The van der Waals surface area contributed by atoms with E-state index in [2.05, 4.69) is 10.3 Å². The fraction of sp³-hybridized carbons (Fsp3) is 0.292. The molecule has 0 unspecified atom stereocenters. The van der Waals surface area contributed by atoms with E-state index in [0.717, 1.165) is 22.2 Å². The van der Waals surface area contributed by atoms with Crippen LogP contribution in [-0.2, 0) is 4.79 Å². The monoisotopic (exact) mass is 419 g/mol. The second-order valence-electron chi connectivity index (χ2n) is 7.56. The van der Waals surface area contributed by atoms with E-state index in [1.54, 1.807) is 24.3 Å². The van der Waals surface area contributed by atoms with Crippen LogP contribution >= 0.6 is 0 Å². The van der Waals surface area contributed by atoms with E-state index in [1.807, 2.05) is 39.0 Å². The smallest absolute Gasteiger partial charge is 0.255 e. The molecule has 7 nitrogen and oxygen atoms in total. The number of hydrogen-bond acceptors (Lipinski definition) is 5. The van der Waals surface area contributed by atoms with Crippen LogP contribution in [0.5, 0.6) is 11.5 Å². The molecule has 2 aromatic carbocycles. The third-order valence-corrected chi connectivity index (χ3v) is 5.15. The largest absolute Gasteiger partial charge is 0.486 e. The zero-order valence-electron chi connectivity index (χ0n) is 17.9. The van der Waals surface area contributed by atoms with Gasteiger partial charge in [0.2, 0.25) is 5.91 Å². The molecular formula is C24H25N3O4. The average Bonchev–Trinajstić information content (AvgIpc) is 2.76. The molecule has 1 aliphatic rings. The number of aryl methyl sites for hydroxylation is 2. The van der Waals surface area contributed by atoms with Gasteiger partial charge < -0.3 is 19.7 Å². The average molecular weight is 419 g/mol. The van der Waals surface area contributed by atoms with E-state index < -0.39 is 0 Å². The number of ether oxygens (including phenoxy) is 2. The van der Waals surface area contributed by atoms with Crippen molar-refractivity contribution >= 4 is 28.4 Å². The molecule has 1 aromatic heterocycles. The minimum Gasteiger partial charge on any atom is -0.486 e. The van der Waals surface area contributed by atoms with Crippen LogP contribution in [-0.4, -0.2) is 48.0 Å². The van der Waals surface area contributed by atoms with Crippen molar-refractivity contribution < 1.29 is 19.1 Å². The molecule has 160 valence electrons. The molecule has 0 saturated heterocycles. The summed E-state index contributed by atoms with van der Waals surface area (Å²) in [4.78, 5) is 32.1. The first-order chi connectivity index (χ1) is 14.9. The van der Waals surface area contributed by atoms with Crippen molar-refractivity contribution in [2.75, 3.05) is 31.6 Å². The van der Waals surface area contributed by atoms with E-state index in [4.69, 9.17) is 9.47 Å². The molecule has 0 spiro atoms. The number of hydrogen-bond donors (Lipinski definition) is 1. The molecule has 1 aliphatic heterocycles. The number of rotatable bonds is 5. The number of carbonyl (C=O) groups is 2. The summed E-state index contributed by atoms with van der Waals surface area (Å²) < 4.78 is 11.1. The Morgan fingerprint density at radius 1 is 1.03 bits per heavy atom. The Morgan fingerprint density at radius 2 is 1.81 bits per heavy atom. The zero-order chi connectivity index (χ0) is 22.0. The summed E-state index contributed by atoms with van der Waals surface area (Å²) in [6.07, 6.45) is 0. The molecule has 3 aromatic rings. The summed E-state index contributed by atoms with van der Waals surface area (Å²) in [5.41, 5.74) is 3.73. The predicted octanol–water partition coefficient (Wildman–Crippen LogP) is 3.72. The van der Waals surface area contributed by atoms with Crippen LogP contribution in [0.4, 0.5) is 5.69 Å². The number of benzene rings is 2. The molecule has 1 N–H and O–H groups in total. The van der Waals surface area contributed by atoms with Gasteiger partial charge in [-0.15, -0.1) is 0 Å². The lowest BCUT2D eigenvalue weighted by Gasteiger charge is -2.22. The van der Waals surface area contributed by atoms with Crippen LogP contribution in [0.15, 0.2) is 42.5 Å². The Bertz CT molecular complexity index is 1160. The third-order valence-electron chi connectivity index (χ3n) is 5.15. The Hall–Kier alpha value is -3.61. The van der Waals surface area contributed by atoms with Gasteiger partial charge in [0, 0.05) is 29.4 Å². The van der Waals surface area contributed by atoms with Crippen LogP contribution in [0.3, 0.4) is 0 Å². The first-order valence-corrected chi connectivity index (χ1v) is 10.3. The number of likely N-dealkylation sites (N-methyl/N-ethyl adjacent to an activating group) is 1. The Morgan fingerprint density at radius 3 is 2.58 bits per heavy atom. The van der Waals surface area contributed by atoms with Crippen LogP contribution in [0.2, 0.25) is 0 Å². The molecule has 0 saturated carbocycles. The van der Waals surface area contributed by atoms with E-state index >= 15 is 0 Å². The summed E-state index contributed by atoms with van der Waals surface area (Å²) in [6.45, 7) is 7.03. The molecule has 4 rings (SSSR count). The summed E-state index contributed by atoms with van der Waals surface area (Å²) >= 11 is 0. The summed E-state index contributed by atoms with van der Waals surface area (Å²) in [6, 6.07) is 12.9. The number of carbonyl (C=O) groups excluding carboxylic acids is 2. The maximum Gasteiger partial charge on any atom is 0.255 e. The summed E-state index contributed by atoms with van der Waals surface area (Å²) in [5, 5.41) is 3.63. The highest BCUT2D eigenvalue weighted by Crippen LogP contribution is 2.32. The van der Waals surface area contributed by atoms with Gasteiger partial charge in [-0.1, -0.05) is 11.6 Å². The van der Waals surface area contributed by atoms with E-state index in [9.17, 15) is 9.59 Å². The first-order valence-electron chi connectivity index (χ1n) is 10.3. The van der Waals surface area contributed by atoms with Gasteiger partial charge in [-0.05, 0) is 51.1 Å². The van der Waals surface area contributed by atoms with Crippen LogP contribution < -0.4 is 14.8 Å². The van der Waals surface area contributed by atoms with Gasteiger partial charge in [-0.3, -0.25) is 14.6 Å². The number of fused-ring (bicyclic) bond motifs is 2. The topological polar surface area (TPSA) is 80.8 Å². The maximum atomic E-state index is 13.3. The zero-order valence-corrected chi connectivity index (χ0v) is 17.9. The number of nitrogens with zero attached hydrogens (tertiary/aromatic N) is 2. The van der Waals surface area contributed by atoms with Gasteiger partial charge in [0.15, 0.2) is 11.5 Å². The minimum absolute atomic E-state index is 0.0571. The van der Waals surface area contributed by atoms with Crippen LogP contribution in [0.1, 0.15) is 28.5 Å². The lowest BCUT2D eigenvalue weighted by Crippen LogP contribution is -2.38. The van der Waals surface area contributed by atoms with Gasteiger partial charge in [0.05, 0.1) is 11.1 Å². The van der Waals surface area contributed by atoms with Crippen molar-refractivity contribution in [3.8, 4) is 11.5 Å². The lowest BCUT2D eigenvalue weighted by molar-refractivity contribution is -0.116. The van der Waals surface area contributed by atoms with Gasteiger partial charge in [-0.2, -0.15) is 0 Å². The Balaban J connectivity index is 1.53. The van der Waals surface area contributed by atoms with Crippen molar-refractivity contribution in [1.29, 1.82) is 0 Å². The maximum absolute atomic E-state index is 13.3. The SMILES string of the molecule is CCN(CC(=O)Nc1ccc2c(c1)OCCO2)C(=O)c1cc(C)nc2ccc(C)cc12. The molecule has 31 heavy (non-hydrogen) atoms. The molecule has 7 heteroatoms. The second-order valence-corrected chi connectivity index (χ2v) is 7.56. The second kappa shape index (κ2) is 8.63. The van der Waals surface area contributed by atoms with Gasteiger partial charge in [0.1, 0.15) is 19.8 Å². The standard InChI is InChI=1S/C24H25N3O4/c1-4-27(14-23(28)26-17-6-8-21-22(13-17)31-10-9-30-21)24(29)19-12-16(3)25-20-7-5-15(2)11-18(19)20/h5-8,11-13H,4,9-10,14H2,1-3H3,(H,26,28). The number of nitrogens with one attached hydrogen (secondary N) is 1. The predicted molar refractivity (Wildman–Crippen MR) is 119 cm³/mol. The van der Waals surface area contributed by atoms with Gasteiger partial charge >= 0.3 is 0 Å². The molecular weight excluding hydrogens is 394 g/mol. The minimum atomic E-state index is -0.279. The molecule has 0 bridgehead atoms. The van der Waals surface area contributed by atoms with Gasteiger partial charge in [0.25, 0.3) is 5.91 Å². The summed E-state index contributed by atoms with van der Waals surface area (Å²) in [7, 11) is 0. The van der Waals surface area contributed by atoms with Crippen LogP contribution in [0.25, 0.3) is 10.9 Å². The third kappa shape index (κ3) is 4.45. The van der Waals surface area contributed by atoms with Crippen molar-refractivity contribution in [3.05, 3.63) is 59.3 Å². The highest BCUT2D eigenvalue weighted by atomic mass is 16.6. The van der Waals surface area contributed by atoms with Crippen molar-refractivity contribution in [1.82, 2.24) is 9.88 Å². The van der Waals surface area contributed by atoms with Crippen molar-refractivity contribution in [3.63, 3.8) is 0 Å². The summed E-state index contributed by atoms with van der Waals surface area (Å²) in [5.74, 6) is 0.783. The first kappa shape index (κ1) is 20.7. The highest BCUT2D eigenvalue weighted by Gasteiger charge is 2.21.